The van der Waals surface area contributed by atoms with Crippen LogP contribution in [0.25, 0.3) is 11.0 Å². The summed E-state index contributed by atoms with van der Waals surface area (Å²) in [6.07, 6.45) is 2.29. The summed E-state index contributed by atoms with van der Waals surface area (Å²) in [5.41, 5.74) is 1.67. The fraction of sp³-hybridized carbons (Fsp3) is 0.381. The number of carbonyl (C=O) groups is 1. The van der Waals surface area contributed by atoms with Gasteiger partial charge < -0.3 is 19.0 Å². The number of rotatable bonds is 7. The van der Waals surface area contributed by atoms with Gasteiger partial charge in [0.15, 0.2) is 6.10 Å². The number of nitrogens with zero attached hydrogens (tertiary/aromatic N) is 1. The molecule has 146 valence electrons. The van der Waals surface area contributed by atoms with Crippen LogP contribution in [-0.2, 0) is 17.8 Å². The Morgan fingerprint density at radius 2 is 2.14 bits per heavy atom. The van der Waals surface area contributed by atoms with Gasteiger partial charge in [-0.1, -0.05) is 12.1 Å². The molecule has 3 aromatic rings. The van der Waals surface area contributed by atoms with Crippen molar-refractivity contribution in [3.63, 3.8) is 0 Å². The predicted molar refractivity (Wildman–Crippen MR) is 102 cm³/mol. The van der Waals surface area contributed by atoms with Crippen LogP contribution < -0.4 is 15.7 Å². The van der Waals surface area contributed by atoms with E-state index in [4.69, 9.17) is 13.7 Å². The van der Waals surface area contributed by atoms with Gasteiger partial charge in [0.05, 0.1) is 6.54 Å². The molecule has 1 N–H and O–H groups in total. The molecule has 1 amide bonds. The zero-order valence-corrected chi connectivity index (χ0v) is 15.9. The Morgan fingerprint density at radius 1 is 1.32 bits per heavy atom. The van der Waals surface area contributed by atoms with Crippen molar-refractivity contribution in [1.82, 2.24) is 10.5 Å². The normalized spacial score (nSPS) is 14.8. The fourth-order valence-corrected chi connectivity index (χ4v) is 3.13. The van der Waals surface area contributed by atoms with Crippen molar-refractivity contribution in [3.05, 3.63) is 57.8 Å². The van der Waals surface area contributed by atoms with Gasteiger partial charge >= 0.3 is 5.63 Å². The van der Waals surface area contributed by atoms with E-state index in [9.17, 15) is 9.59 Å². The van der Waals surface area contributed by atoms with E-state index in [1.807, 2.05) is 19.1 Å². The van der Waals surface area contributed by atoms with E-state index in [1.165, 1.54) is 6.07 Å². The summed E-state index contributed by atoms with van der Waals surface area (Å²) >= 11 is 0. The Kier molecular flexibility index (Phi) is 4.90. The van der Waals surface area contributed by atoms with Crippen molar-refractivity contribution in [2.45, 2.75) is 51.7 Å². The second-order valence-electron chi connectivity index (χ2n) is 7.07. The highest BCUT2D eigenvalue weighted by atomic mass is 16.5. The standard InChI is InChI=1S/C21H22N2O5/c1-3-13-8-20(24)27-19-10-16(6-7-17(13)19)26-12(2)21(25)22-11-15-9-18(28-23-15)14-4-5-14/h6-10,12,14H,3-5,11H2,1-2H3,(H,22,25). The molecule has 1 aliphatic carbocycles. The highest BCUT2D eigenvalue weighted by Gasteiger charge is 2.28. The molecule has 1 aliphatic rings. The number of ether oxygens (including phenoxy) is 1. The molecule has 28 heavy (non-hydrogen) atoms. The summed E-state index contributed by atoms with van der Waals surface area (Å²) in [6, 6.07) is 8.63. The molecule has 7 nitrogen and oxygen atoms in total. The van der Waals surface area contributed by atoms with Crippen molar-refractivity contribution in [1.29, 1.82) is 0 Å². The molecule has 0 bridgehead atoms. The van der Waals surface area contributed by atoms with Crippen molar-refractivity contribution >= 4 is 16.9 Å². The molecule has 1 atom stereocenters. The summed E-state index contributed by atoms with van der Waals surface area (Å²) in [5, 5.41) is 7.64. The van der Waals surface area contributed by atoms with Crippen LogP contribution in [0.4, 0.5) is 0 Å². The van der Waals surface area contributed by atoms with E-state index < -0.39 is 11.7 Å². The van der Waals surface area contributed by atoms with Gasteiger partial charge in [-0.3, -0.25) is 4.79 Å². The molecule has 1 aromatic carbocycles. The van der Waals surface area contributed by atoms with E-state index in [0.717, 1.165) is 36.0 Å². The summed E-state index contributed by atoms with van der Waals surface area (Å²) in [6.45, 7) is 3.93. The van der Waals surface area contributed by atoms with E-state index in [0.29, 0.717) is 22.9 Å². The lowest BCUT2D eigenvalue weighted by Gasteiger charge is -2.14. The van der Waals surface area contributed by atoms with E-state index in [2.05, 4.69) is 10.5 Å². The minimum absolute atomic E-state index is 0.264. The summed E-state index contributed by atoms with van der Waals surface area (Å²) in [4.78, 5) is 24.0. The van der Waals surface area contributed by atoms with Crippen LogP contribution in [0.5, 0.6) is 5.75 Å². The smallest absolute Gasteiger partial charge is 0.336 e. The predicted octanol–water partition coefficient (Wildman–Crippen LogP) is 3.30. The zero-order chi connectivity index (χ0) is 19.7. The van der Waals surface area contributed by atoms with Gasteiger partial charge in [-0.2, -0.15) is 0 Å². The molecule has 7 heteroatoms. The molecule has 2 aromatic heterocycles. The topological polar surface area (TPSA) is 94.6 Å². The molecule has 0 radical (unpaired) electrons. The number of amides is 1. The van der Waals surface area contributed by atoms with Crippen molar-refractivity contribution in [3.8, 4) is 5.75 Å². The number of hydrogen-bond donors (Lipinski definition) is 1. The molecular formula is C21H22N2O5. The molecule has 1 fully saturated rings. The minimum atomic E-state index is -0.715. The first-order valence-corrected chi connectivity index (χ1v) is 9.50. The largest absolute Gasteiger partial charge is 0.481 e. The van der Waals surface area contributed by atoms with Crippen LogP contribution in [-0.4, -0.2) is 17.2 Å². The molecule has 4 rings (SSSR count). The molecule has 0 spiro atoms. The number of benzene rings is 1. The van der Waals surface area contributed by atoms with Crippen LogP contribution in [0, 0.1) is 0 Å². The van der Waals surface area contributed by atoms with Gasteiger partial charge in [0.2, 0.25) is 0 Å². The maximum absolute atomic E-state index is 12.3. The maximum atomic E-state index is 12.3. The first-order valence-electron chi connectivity index (χ1n) is 9.50. The van der Waals surface area contributed by atoms with Gasteiger partial charge in [-0.25, -0.2) is 4.79 Å². The lowest BCUT2D eigenvalue weighted by atomic mass is 10.1. The van der Waals surface area contributed by atoms with Crippen LogP contribution >= 0.6 is 0 Å². The van der Waals surface area contributed by atoms with Gasteiger partial charge in [-0.05, 0) is 43.9 Å². The molecule has 0 saturated heterocycles. The Balaban J connectivity index is 1.39. The second-order valence-corrected chi connectivity index (χ2v) is 7.07. The van der Waals surface area contributed by atoms with Gasteiger partial charge in [0.1, 0.15) is 22.8 Å². The van der Waals surface area contributed by atoms with Gasteiger partial charge in [0.25, 0.3) is 5.91 Å². The van der Waals surface area contributed by atoms with Crippen molar-refractivity contribution in [2.24, 2.45) is 0 Å². The molecule has 0 aliphatic heterocycles. The summed E-state index contributed by atoms with van der Waals surface area (Å²) in [5.74, 6) is 1.57. The van der Waals surface area contributed by atoms with E-state index in [1.54, 1.807) is 19.1 Å². The minimum Gasteiger partial charge on any atom is -0.481 e. The van der Waals surface area contributed by atoms with Gasteiger partial charge in [0, 0.05) is 29.5 Å². The highest BCUT2D eigenvalue weighted by Crippen LogP contribution is 2.40. The van der Waals surface area contributed by atoms with Crippen LogP contribution in [0.15, 0.2) is 44.1 Å². The average molecular weight is 382 g/mol. The molecule has 1 saturated carbocycles. The summed E-state index contributed by atoms with van der Waals surface area (Å²) < 4.78 is 16.3. The number of aromatic nitrogens is 1. The third-order valence-corrected chi connectivity index (χ3v) is 4.87. The lowest BCUT2D eigenvalue weighted by molar-refractivity contribution is -0.127. The number of nitrogens with one attached hydrogen (secondary N) is 1. The van der Waals surface area contributed by atoms with Crippen molar-refractivity contribution < 1.29 is 18.5 Å². The Hall–Kier alpha value is -3.09. The fourth-order valence-electron chi connectivity index (χ4n) is 3.13. The third kappa shape index (κ3) is 3.93. The van der Waals surface area contributed by atoms with Crippen LogP contribution in [0.2, 0.25) is 0 Å². The van der Waals surface area contributed by atoms with E-state index in [-0.39, 0.29) is 12.5 Å². The number of hydrogen-bond acceptors (Lipinski definition) is 6. The van der Waals surface area contributed by atoms with Crippen LogP contribution in [0.3, 0.4) is 0 Å². The number of aryl methyl sites for hydroxylation is 1. The molecule has 2 heterocycles. The zero-order valence-electron chi connectivity index (χ0n) is 15.9. The number of fused-ring (bicyclic) bond motifs is 1. The monoisotopic (exact) mass is 382 g/mol. The van der Waals surface area contributed by atoms with Crippen molar-refractivity contribution in [2.75, 3.05) is 0 Å². The first kappa shape index (κ1) is 18.3. The average Bonchev–Trinajstić information content (AvgIpc) is 3.43. The molecule has 1 unspecified atom stereocenters. The maximum Gasteiger partial charge on any atom is 0.336 e. The SMILES string of the molecule is CCc1cc(=O)oc2cc(OC(C)C(=O)NCc3cc(C4CC4)on3)ccc12. The van der Waals surface area contributed by atoms with E-state index >= 15 is 0 Å². The van der Waals surface area contributed by atoms with Gasteiger partial charge in [-0.15, -0.1) is 0 Å². The lowest BCUT2D eigenvalue weighted by Crippen LogP contribution is -2.35. The molecular weight excluding hydrogens is 360 g/mol. The Morgan fingerprint density at radius 3 is 2.89 bits per heavy atom. The number of carbonyl (C=O) groups excluding carboxylic acids is 1. The Bertz CT molecular complexity index is 1060. The third-order valence-electron chi connectivity index (χ3n) is 4.87. The first-order chi connectivity index (χ1) is 13.5. The highest BCUT2D eigenvalue weighted by molar-refractivity contribution is 5.82. The Labute approximate surface area is 161 Å². The second kappa shape index (κ2) is 7.50. The van der Waals surface area contributed by atoms with Crippen LogP contribution in [0.1, 0.15) is 49.6 Å². The summed E-state index contributed by atoms with van der Waals surface area (Å²) in [7, 11) is 0. The quantitative estimate of drug-likeness (QED) is 0.630.